The Kier molecular flexibility index (Phi) is 6.92. The molecule has 0 aromatic carbocycles. The molecule has 0 radical (unpaired) electrons. The first kappa shape index (κ1) is 24.2. The van der Waals surface area contributed by atoms with Crippen molar-refractivity contribution in [1.29, 1.82) is 0 Å². The van der Waals surface area contributed by atoms with Crippen LogP contribution in [0.2, 0.25) is 4.34 Å². The minimum atomic E-state index is -0.675. The Morgan fingerprint density at radius 1 is 1.24 bits per heavy atom. The molecule has 176 valence electrons. The van der Waals surface area contributed by atoms with Gasteiger partial charge in [-0.15, -0.1) is 23.1 Å². The molecular formula is C23H21ClN4O4S2. The normalized spacial score (nSPS) is 11.6. The first-order valence-corrected chi connectivity index (χ1v) is 12.4. The molecule has 4 aromatic rings. The van der Waals surface area contributed by atoms with E-state index in [9.17, 15) is 14.4 Å². The topological polar surface area (TPSA) is 100.0 Å². The fraction of sp³-hybridized carbons (Fsp3) is 0.261. The Morgan fingerprint density at radius 3 is 2.68 bits per heavy atom. The number of thioether (sulfide) groups is 1. The van der Waals surface area contributed by atoms with Gasteiger partial charge in [0, 0.05) is 22.2 Å². The largest absolute Gasteiger partial charge is 0.451 e. The van der Waals surface area contributed by atoms with Crippen LogP contribution in [0, 0.1) is 5.41 Å². The van der Waals surface area contributed by atoms with Gasteiger partial charge in [0.25, 0.3) is 11.5 Å². The molecular weight excluding hydrogens is 496 g/mol. The molecule has 0 N–H and O–H groups in total. The number of oxazole rings is 1. The van der Waals surface area contributed by atoms with E-state index in [1.54, 1.807) is 18.2 Å². The van der Waals surface area contributed by atoms with E-state index in [0.717, 1.165) is 11.3 Å². The molecule has 0 spiro atoms. The number of hydrogen-bond acceptors (Lipinski definition) is 8. The molecule has 0 unspecified atom stereocenters. The third-order valence-corrected chi connectivity index (χ3v) is 7.29. The predicted octanol–water partition coefficient (Wildman–Crippen LogP) is 5.28. The van der Waals surface area contributed by atoms with Gasteiger partial charge in [-0.05, 0) is 30.3 Å². The zero-order valence-electron chi connectivity index (χ0n) is 18.6. The summed E-state index contributed by atoms with van der Waals surface area (Å²) in [5.41, 5.74) is -0.279. The number of carbonyl (C=O) groups excluding carboxylic acids is 2. The number of aromatic nitrogens is 4. The van der Waals surface area contributed by atoms with Crippen LogP contribution < -0.4 is 5.56 Å². The number of pyridine rings is 1. The number of Topliss-reactive ketones (excluding diaryl/α,β-unsaturated/α-hetero) is 1. The van der Waals surface area contributed by atoms with Crippen LogP contribution in [-0.4, -0.2) is 31.0 Å². The van der Waals surface area contributed by atoms with Crippen LogP contribution in [-0.2, 0) is 12.3 Å². The zero-order chi connectivity index (χ0) is 24.5. The maximum Gasteiger partial charge on any atom is 0.260 e. The average molecular weight is 517 g/mol. The van der Waals surface area contributed by atoms with Crippen molar-refractivity contribution in [3.8, 4) is 11.3 Å². The van der Waals surface area contributed by atoms with Crippen LogP contribution in [0.25, 0.3) is 11.3 Å². The highest BCUT2D eigenvalue weighted by Gasteiger charge is 2.27. The second-order valence-electron chi connectivity index (χ2n) is 8.48. The molecule has 4 rings (SSSR count). The lowest BCUT2D eigenvalue weighted by atomic mass is 9.96. The van der Waals surface area contributed by atoms with E-state index in [2.05, 4.69) is 10.1 Å². The molecule has 34 heavy (non-hydrogen) atoms. The second kappa shape index (κ2) is 9.73. The number of rotatable bonds is 7. The first-order valence-electron chi connectivity index (χ1n) is 10.3. The van der Waals surface area contributed by atoms with E-state index in [-0.39, 0.29) is 29.5 Å². The van der Waals surface area contributed by atoms with Crippen molar-refractivity contribution in [2.45, 2.75) is 38.1 Å². The van der Waals surface area contributed by atoms with Gasteiger partial charge in [-0.2, -0.15) is 9.78 Å². The summed E-state index contributed by atoms with van der Waals surface area (Å²) in [5.74, 6) is 0.0563. The Morgan fingerprint density at radius 2 is 2.03 bits per heavy atom. The van der Waals surface area contributed by atoms with Crippen molar-refractivity contribution in [2.75, 3.05) is 0 Å². The second-order valence-corrected chi connectivity index (χ2v) is 11.3. The number of thiophene rings is 1. The maximum atomic E-state index is 13.2. The Balaban J connectivity index is 1.68. The molecule has 0 atom stereocenters. The molecule has 0 bridgehead atoms. The summed E-state index contributed by atoms with van der Waals surface area (Å²) in [6, 6.07) is 8.79. The Bertz CT molecular complexity index is 1400. The van der Waals surface area contributed by atoms with Crippen molar-refractivity contribution in [3.05, 3.63) is 74.4 Å². The molecule has 0 aliphatic rings. The van der Waals surface area contributed by atoms with Crippen molar-refractivity contribution in [3.63, 3.8) is 0 Å². The number of ketones is 1. The lowest BCUT2D eigenvalue weighted by Crippen LogP contribution is -2.28. The summed E-state index contributed by atoms with van der Waals surface area (Å²) in [6.45, 7) is 5.25. The minimum absolute atomic E-state index is 0.143. The summed E-state index contributed by atoms with van der Waals surface area (Å²) in [7, 11) is 0. The van der Waals surface area contributed by atoms with Gasteiger partial charge in [-0.3, -0.25) is 14.4 Å². The van der Waals surface area contributed by atoms with Gasteiger partial charge in [0.05, 0.1) is 22.1 Å². The number of carbonyl (C=O) groups is 2. The number of nitrogens with zero attached hydrogens (tertiary/aromatic N) is 4. The van der Waals surface area contributed by atoms with Gasteiger partial charge in [-0.1, -0.05) is 32.4 Å². The average Bonchev–Trinajstić information content (AvgIpc) is 3.53. The monoisotopic (exact) mass is 516 g/mol. The smallest absolute Gasteiger partial charge is 0.260 e. The molecule has 0 saturated heterocycles. The summed E-state index contributed by atoms with van der Waals surface area (Å²) in [6.07, 6.45) is 3.92. The third-order valence-electron chi connectivity index (χ3n) is 4.83. The molecule has 11 heteroatoms. The highest BCUT2D eigenvalue weighted by Crippen LogP contribution is 2.32. The van der Waals surface area contributed by atoms with E-state index >= 15 is 0 Å². The first-order chi connectivity index (χ1) is 16.1. The highest BCUT2D eigenvalue weighted by molar-refractivity contribution is 7.98. The fourth-order valence-corrected chi connectivity index (χ4v) is 5.20. The fourth-order valence-electron chi connectivity index (χ4n) is 3.08. The predicted molar refractivity (Wildman–Crippen MR) is 132 cm³/mol. The van der Waals surface area contributed by atoms with Gasteiger partial charge >= 0.3 is 0 Å². The van der Waals surface area contributed by atoms with Crippen molar-refractivity contribution in [1.82, 2.24) is 19.3 Å². The number of halogens is 1. The lowest BCUT2D eigenvalue weighted by Gasteiger charge is -2.17. The van der Waals surface area contributed by atoms with Crippen molar-refractivity contribution >= 4 is 46.4 Å². The summed E-state index contributed by atoms with van der Waals surface area (Å²) in [4.78, 5) is 43.5. The van der Waals surface area contributed by atoms with Crippen LogP contribution in [0.3, 0.4) is 0 Å². The Hall–Kier alpha value is -2.95. The number of hydrogen-bond donors (Lipinski definition) is 0. The summed E-state index contributed by atoms with van der Waals surface area (Å²) < 4.78 is 8.18. The standard InChI is InChI=1S/C23H21ClN4O4S2/c1-23(2,3)22(31)28-20(33-12-14-6-7-19(24)34-14)9-16(26-28)15-5-4-8-27(21(15)30)10-18(29)17-11-32-13-25-17/h4-9,11,13H,10,12H2,1-3H3. The Labute approximate surface area is 208 Å². The lowest BCUT2D eigenvalue weighted by molar-refractivity contribution is 0.0736. The summed E-state index contributed by atoms with van der Waals surface area (Å²) >= 11 is 8.95. The van der Waals surface area contributed by atoms with Crippen LogP contribution in [0.15, 0.2) is 63.4 Å². The van der Waals surface area contributed by atoms with Crippen molar-refractivity contribution < 1.29 is 14.0 Å². The van der Waals surface area contributed by atoms with Gasteiger partial charge in [0.15, 0.2) is 6.39 Å². The maximum absolute atomic E-state index is 13.2. The van der Waals surface area contributed by atoms with Crippen molar-refractivity contribution in [2.24, 2.45) is 5.41 Å². The highest BCUT2D eigenvalue weighted by atomic mass is 35.5. The van der Waals surface area contributed by atoms with E-state index in [1.165, 1.54) is 44.8 Å². The molecule has 0 amide bonds. The molecule has 0 saturated carbocycles. The van der Waals surface area contributed by atoms with E-state index < -0.39 is 11.0 Å². The molecule has 4 heterocycles. The van der Waals surface area contributed by atoms with E-state index in [1.807, 2.05) is 32.9 Å². The molecule has 0 fully saturated rings. The SMILES string of the molecule is CC(C)(C)C(=O)n1nc(-c2cccn(CC(=O)c3cocn3)c2=O)cc1SCc1ccc(Cl)s1. The molecule has 0 aliphatic heterocycles. The van der Waals surface area contributed by atoms with Crippen LogP contribution >= 0.6 is 34.7 Å². The van der Waals surface area contributed by atoms with E-state index in [0.29, 0.717) is 20.8 Å². The molecule has 8 nitrogen and oxygen atoms in total. The van der Waals surface area contributed by atoms with E-state index in [4.69, 9.17) is 16.0 Å². The minimum Gasteiger partial charge on any atom is -0.451 e. The third kappa shape index (κ3) is 5.24. The van der Waals surface area contributed by atoms with Crippen LogP contribution in [0.1, 0.15) is 40.9 Å². The molecule has 0 aliphatic carbocycles. The summed E-state index contributed by atoms with van der Waals surface area (Å²) in [5, 5.41) is 5.11. The van der Waals surface area contributed by atoms with Gasteiger partial charge in [0.1, 0.15) is 17.0 Å². The van der Waals surface area contributed by atoms with Gasteiger partial charge < -0.3 is 8.98 Å². The zero-order valence-corrected chi connectivity index (χ0v) is 21.0. The molecule has 4 aromatic heterocycles. The van der Waals surface area contributed by atoms with Gasteiger partial charge in [-0.25, -0.2) is 4.98 Å². The van der Waals surface area contributed by atoms with Crippen LogP contribution in [0.5, 0.6) is 0 Å². The quantitative estimate of drug-likeness (QED) is 0.243. The van der Waals surface area contributed by atoms with Gasteiger partial charge in [0.2, 0.25) is 5.78 Å². The van der Waals surface area contributed by atoms with Crippen LogP contribution in [0.4, 0.5) is 0 Å².